The standard InChI is InChI=1S/C26H32Cl2N2O5/c1-13(2)8-7-9-14(3)10-11-26-23(34)17-18(20(31)15(4)21(32)19(17)30-29)22(33)25(26,28)12-16(27)24(5,6)35-26/h8,10,16,19,30-31H,7,9,11-12H2,1-6H3. The molecule has 9 heteroatoms. The highest BCUT2D eigenvalue weighted by atomic mass is 35.5. The molecule has 0 aromatic heterocycles. The van der Waals surface area contributed by atoms with E-state index in [1.54, 1.807) is 13.8 Å². The van der Waals surface area contributed by atoms with Crippen LogP contribution in [0, 0.1) is 0 Å². The van der Waals surface area contributed by atoms with E-state index in [9.17, 15) is 25.0 Å². The average Bonchev–Trinajstić information content (AvgIpc) is 2.77. The van der Waals surface area contributed by atoms with Gasteiger partial charge in [-0.05, 0) is 60.8 Å². The first-order chi connectivity index (χ1) is 16.1. The third-order valence-corrected chi connectivity index (χ3v) is 8.54. The van der Waals surface area contributed by atoms with Crippen LogP contribution in [0.15, 0.2) is 45.8 Å². The van der Waals surface area contributed by atoms with Crippen LogP contribution in [0.3, 0.4) is 0 Å². The van der Waals surface area contributed by atoms with Crippen LogP contribution in [0.5, 0.6) is 0 Å². The number of ketones is 3. The summed E-state index contributed by atoms with van der Waals surface area (Å²) < 4.78 is 6.35. The molecular formula is C26H32Cl2N2O5. The van der Waals surface area contributed by atoms with Crippen LogP contribution in [0.25, 0.3) is 5.53 Å². The van der Waals surface area contributed by atoms with Crippen molar-refractivity contribution >= 4 is 40.6 Å². The number of halogens is 2. The molecular weight excluding hydrogens is 491 g/mol. The molecule has 7 nitrogen and oxygen atoms in total. The number of Topliss-reactive ketones (excluding diaryl/α,β-unsaturated/α-hetero) is 3. The second-order valence-electron chi connectivity index (χ2n) is 10.4. The number of alkyl halides is 2. The Morgan fingerprint density at radius 2 is 1.83 bits per heavy atom. The lowest BCUT2D eigenvalue weighted by Gasteiger charge is -2.56. The number of hydrogen-bond acceptors (Lipinski definition) is 5. The smallest absolute Gasteiger partial charge is 0.233 e. The minimum absolute atomic E-state index is 0.0403. The Balaban J connectivity index is 2.22. The lowest BCUT2D eigenvalue weighted by Crippen LogP contribution is -2.80. The number of carbonyl (C=O) groups is 3. The number of rotatable bonds is 6. The van der Waals surface area contributed by atoms with Crippen molar-refractivity contribution < 1.29 is 29.3 Å². The van der Waals surface area contributed by atoms with Crippen LogP contribution in [-0.4, -0.2) is 50.0 Å². The van der Waals surface area contributed by atoms with E-state index < -0.39 is 50.6 Å². The first-order valence-corrected chi connectivity index (χ1v) is 12.5. The predicted molar refractivity (Wildman–Crippen MR) is 133 cm³/mol. The first kappa shape index (κ1) is 27.5. The Bertz CT molecular complexity index is 1130. The van der Waals surface area contributed by atoms with Crippen molar-refractivity contribution in [3.63, 3.8) is 0 Å². The van der Waals surface area contributed by atoms with Gasteiger partial charge in [-0.25, -0.2) is 0 Å². The number of allylic oxidation sites excluding steroid dienone is 4. The van der Waals surface area contributed by atoms with Gasteiger partial charge < -0.3 is 20.5 Å². The lowest BCUT2D eigenvalue weighted by atomic mass is 9.61. The van der Waals surface area contributed by atoms with Crippen molar-refractivity contribution in [3.05, 3.63) is 51.3 Å². The molecule has 190 valence electrons. The molecule has 0 aromatic carbocycles. The zero-order chi connectivity index (χ0) is 26.5. The molecule has 3 rings (SSSR count). The number of hydrogen-bond donors (Lipinski definition) is 2. The van der Waals surface area contributed by atoms with Crippen molar-refractivity contribution in [3.8, 4) is 0 Å². The molecule has 35 heavy (non-hydrogen) atoms. The second kappa shape index (κ2) is 9.41. The van der Waals surface area contributed by atoms with Gasteiger partial charge in [0.05, 0.1) is 22.1 Å². The van der Waals surface area contributed by atoms with Gasteiger partial charge in [-0.2, -0.15) is 0 Å². The van der Waals surface area contributed by atoms with E-state index in [4.69, 9.17) is 27.9 Å². The SMILES string of the molecule is CC(C)=CCCC(C)=CCC12OC(C)(C)C(Cl)CC1(Cl)C(=O)C1=C(C2=O)C([NH+]=[N-])C(=O)C(C)=C1O. The highest BCUT2D eigenvalue weighted by Crippen LogP contribution is 2.56. The maximum absolute atomic E-state index is 14.2. The number of nitrogens with zero attached hydrogens (tertiary/aromatic N) is 1. The molecule has 0 aromatic rings. The van der Waals surface area contributed by atoms with E-state index in [2.05, 4.69) is 6.08 Å². The third-order valence-electron chi connectivity index (χ3n) is 7.23. The summed E-state index contributed by atoms with van der Waals surface area (Å²) in [5.74, 6) is -2.82. The summed E-state index contributed by atoms with van der Waals surface area (Å²) in [6.07, 6.45) is 5.34. The van der Waals surface area contributed by atoms with Gasteiger partial charge in [0, 0.05) is 12.0 Å². The highest BCUT2D eigenvalue weighted by molar-refractivity contribution is 6.45. The molecule has 2 N–H and O–H groups in total. The highest BCUT2D eigenvalue weighted by Gasteiger charge is 2.72. The third kappa shape index (κ3) is 4.25. The van der Waals surface area contributed by atoms with Gasteiger partial charge >= 0.3 is 0 Å². The molecule has 2 aliphatic carbocycles. The summed E-state index contributed by atoms with van der Waals surface area (Å²) in [5, 5.41) is 11.9. The molecule has 3 aliphatic rings. The molecule has 0 amide bonds. The maximum atomic E-state index is 14.2. The molecule has 1 fully saturated rings. The molecule has 0 radical (unpaired) electrons. The Morgan fingerprint density at radius 3 is 2.40 bits per heavy atom. The molecule has 1 heterocycles. The van der Waals surface area contributed by atoms with Crippen LogP contribution >= 0.6 is 23.2 Å². The quantitative estimate of drug-likeness (QED) is 0.311. The fourth-order valence-corrected chi connectivity index (χ4v) is 5.80. The summed E-state index contributed by atoms with van der Waals surface area (Å²) in [6.45, 7) is 10.7. The van der Waals surface area contributed by atoms with Gasteiger partial charge in [0.25, 0.3) is 0 Å². The average molecular weight is 523 g/mol. The van der Waals surface area contributed by atoms with E-state index in [0.717, 1.165) is 18.4 Å². The van der Waals surface area contributed by atoms with E-state index in [1.165, 1.54) is 12.5 Å². The molecule has 0 bridgehead atoms. The number of aliphatic hydroxyl groups excluding tert-OH is 1. The van der Waals surface area contributed by atoms with Crippen molar-refractivity contribution in [1.82, 2.24) is 0 Å². The summed E-state index contributed by atoms with van der Waals surface area (Å²) in [5.41, 5.74) is 8.14. The molecule has 1 aliphatic heterocycles. The maximum Gasteiger partial charge on any atom is 0.233 e. The van der Waals surface area contributed by atoms with E-state index in [-0.39, 0.29) is 29.6 Å². The van der Waals surface area contributed by atoms with Crippen molar-refractivity contribution in [2.45, 2.75) is 94.7 Å². The number of nitrogens with one attached hydrogen (secondary N) is 1. The normalized spacial score (nSPS) is 32.9. The predicted octanol–water partition coefficient (Wildman–Crippen LogP) is 3.93. The van der Waals surface area contributed by atoms with Gasteiger partial charge in [0.2, 0.25) is 17.6 Å². The van der Waals surface area contributed by atoms with Gasteiger partial charge in [0.15, 0.2) is 11.4 Å². The van der Waals surface area contributed by atoms with E-state index >= 15 is 0 Å². The first-order valence-electron chi connectivity index (χ1n) is 11.6. The van der Waals surface area contributed by atoms with Crippen LogP contribution in [-0.2, 0) is 19.1 Å². The fraction of sp³-hybridized carbons (Fsp3) is 0.577. The Labute approximate surface area is 215 Å². The van der Waals surface area contributed by atoms with Gasteiger partial charge in [-0.3, -0.25) is 14.4 Å². The van der Waals surface area contributed by atoms with Crippen molar-refractivity contribution in [2.75, 3.05) is 0 Å². The van der Waals surface area contributed by atoms with Crippen LogP contribution in [0.1, 0.15) is 67.2 Å². The van der Waals surface area contributed by atoms with Crippen molar-refractivity contribution in [2.24, 2.45) is 0 Å². The number of carbonyl (C=O) groups excluding carboxylic acids is 3. The molecule has 0 saturated carbocycles. The Kier molecular flexibility index (Phi) is 7.40. The minimum Gasteiger partial charge on any atom is -0.508 e. The van der Waals surface area contributed by atoms with Crippen LogP contribution in [0.4, 0.5) is 0 Å². The van der Waals surface area contributed by atoms with E-state index in [0.29, 0.717) is 0 Å². The number of fused-ring (bicyclic) bond motifs is 1. The van der Waals surface area contributed by atoms with Crippen LogP contribution < -0.4 is 5.11 Å². The van der Waals surface area contributed by atoms with Gasteiger partial charge in [-0.15, -0.1) is 23.2 Å². The molecule has 4 unspecified atom stereocenters. The van der Waals surface area contributed by atoms with Crippen molar-refractivity contribution in [1.29, 1.82) is 0 Å². The fourth-order valence-electron chi connectivity index (χ4n) is 5.00. The van der Waals surface area contributed by atoms with Gasteiger partial charge in [-0.1, -0.05) is 23.3 Å². The topological polar surface area (TPSA) is 117 Å². The number of ether oxygens (including phenoxy) is 1. The minimum atomic E-state index is -1.92. The second-order valence-corrected chi connectivity index (χ2v) is 11.6. The molecule has 1 saturated heterocycles. The van der Waals surface area contributed by atoms with E-state index in [1.807, 2.05) is 32.0 Å². The largest absolute Gasteiger partial charge is 0.508 e. The summed E-state index contributed by atoms with van der Waals surface area (Å²) >= 11 is 13.6. The van der Waals surface area contributed by atoms with Gasteiger partial charge in [0.1, 0.15) is 10.6 Å². The molecule has 0 spiro atoms. The summed E-state index contributed by atoms with van der Waals surface area (Å²) in [7, 11) is 0. The van der Waals surface area contributed by atoms with Crippen LogP contribution in [0.2, 0.25) is 0 Å². The molecule has 4 atom stereocenters. The monoisotopic (exact) mass is 522 g/mol. The number of aliphatic hydroxyl groups is 1. The zero-order valence-corrected chi connectivity index (χ0v) is 22.4. The summed E-state index contributed by atoms with van der Waals surface area (Å²) in [6, 6.07) is -1.53. The zero-order valence-electron chi connectivity index (χ0n) is 20.9. The summed E-state index contributed by atoms with van der Waals surface area (Å²) in [4.78, 5) is 39.0. The Morgan fingerprint density at radius 1 is 1.20 bits per heavy atom. The Hall–Kier alpha value is -2.09. The lowest BCUT2D eigenvalue weighted by molar-refractivity contribution is -0.498.